The number of aromatic amines is 1. The van der Waals surface area contributed by atoms with Crippen LogP contribution in [0.3, 0.4) is 0 Å². The first-order chi connectivity index (χ1) is 12.0. The van der Waals surface area contributed by atoms with E-state index in [1.165, 1.54) is 12.1 Å². The van der Waals surface area contributed by atoms with Gasteiger partial charge in [-0.25, -0.2) is 13.2 Å². The van der Waals surface area contributed by atoms with Crippen LogP contribution in [0, 0.1) is 17.5 Å². The third kappa shape index (κ3) is 2.72. The summed E-state index contributed by atoms with van der Waals surface area (Å²) in [7, 11) is 0. The summed E-state index contributed by atoms with van der Waals surface area (Å²) in [6.07, 6.45) is 0.614. The van der Waals surface area contributed by atoms with Crippen LogP contribution in [0.1, 0.15) is 11.1 Å². The van der Waals surface area contributed by atoms with Crippen LogP contribution in [0.25, 0.3) is 11.4 Å². The van der Waals surface area contributed by atoms with Crippen molar-refractivity contribution in [3.63, 3.8) is 0 Å². The van der Waals surface area contributed by atoms with Crippen molar-refractivity contribution in [2.75, 3.05) is 11.4 Å². The second-order valence-corrected chi connectivity index (χ2v) is 6.10. The smallest absolute Gasteiger partial charge is 0.209 e. The molecule has 1 aliphatic heterocycles. The summed E-state index contributed by atoms with van der Waals surface area (Å²) in [5.41, 5.74) is 1.79. The molecule has 2 aromatic carbocycles. The van der Waals surface area contributed by atoms with Gasteiger partial charge in [0.2, 0.25) is 5.82 Å². The zero-order valence-corrected chi connectivity index (χ0v) is 13.5. The van der Waals surface area contributed by atoms with Crippen molar-refractivity contribution in [1.29, 1.82) is 0 Å². The molecule has 25 heavy (non-hydrogen) atoms. The quantitative estimate of drug-likeness (QED) is 0.771. The predicted octanol–water partition coefficient (Wildman–Crippen LogP) is 3.50. The van der Waals surface area contributed by atoms with Crippen molar-refractivity contribution in [2.24, 2.45) is 0 Å². The molecule has 0 fully saturated rings. The standard InChI is InChI=1S/C16H11ClF3N5/c17-11-5-8-3-4-25(7-9-1-2-10(18)6-12(9)19)15(8)13(14(11)20)16-21-23-24-22-16/h1-2,5-6H,3-4,7H2,(H,21,22,23,24). The Morgan fingerprint density at radius 1 is 1.20 bits per heavy atom. The normalized spacial score (nSPS) is 13.4. The highest BCUT2D eigenvalue weighted by atomic mass is 35.5. The molecular formula is C16H11ClF3N5. The third-order valence-electron chi connectivity index (χ3n) is 4.18. The van der Waals surface area contributed by atoms with E-state index in [1.807, 2.05) is 0 Å². The minimum absolute atomic E-state index is 0.0339. The monoisotopic (exact) mass is 365 g/mol. The molecule has 2 heterocycles. The number of rotatable bonds is 3. The van der Waals surface area contributed by atoms with Crippen molar-refractivity contribution in [3.8, 4) is 11.4 Å². The number of hydrogen-bond acceptors (Lipinski definition) is 4. The van der Waals surface area contributed by atoms with E-state index in [4.69, 9.17) is 11.6 Å². The van der Waals surface area contributed by atoms with E-state index in [0.717, 1.165) is 11.6 Å². The Bertz CT molecular complexity index is 945. The van der Waals surface area contributed by atoms with Gasteiger partial charge < -0.3 is 4.90 Å². The molecule has 4 rings (SSSR count). The Labute approximate surface area is 145 Å². The van der Waals surface area contributed by atoms with Gasteiger partial charge in [-0.1, -0.05) is 17.7 Å². The Morgan fingerprint density at radius 2 is 2.04 bits per heavy atom. The number of benzene rings is 2. The van der Waals surface area contributed by atoms with Gasteiger partial charge in [0.1, 0.15) is 11.6 Å². The Kier molecular flexibility index (Phi) is 3.84. The van der Waals surface area contributed by atoms with Crippen LogP contribution in [0.15, 0.2) is 24.3 Å². The van der Waals surface area contributed by atoms with E-state index in [0.29, 0.717) is 24.2 Å². The topological polar surface area (TPSA) is 57.7 Å². The largest absolute Gasteiger partial charge is 0.366 e. The van der Waals surface area contributed by atoms with E-state index in [9.17, 15) is 13.2 Å². The fourth-order valence-electron chi connectivity index (χ4n) is 3.07. The molecule has 0 saturated heterocycles. The average Bonchev–Trinajstić information content (AvgIpc) is 3.22. The molecule has 5 nitrogen and oxygen atoms in total. The summed E-state index contributed by atoms with van der Waals surface area (Å²) in [5.74, 6) is -1.88. The third-order valence-corrected chi connectivity index (χ3v) is 4.46. The molecule has 0 saturated carbocycles. The van der Waals surface area contributed by atoms with Crippen molar-refractivity contribution in [2.45, 2.75) is 13.0 Å². The minimum atomic E-state index is -0.659. The van der Waals surface area contributed by atoms with E-state index in [-0.39, 0.29) is 23.0 Å². The van der Waals surface area contributed by atoms with Gasteiger partial charge in [0.05, 0.1) is 16.3 Å². The number of aromatic nitrogens is 4. The summed E-state index contributed by atoms with van der Waals surface area (Å²) in [5, 5.41) is 13.4. The molecule has 0 atom stereocenters. The second-order valence-electron chi connectivity index (χ2n) is 5.70. The summed E-state index contributed by atoms with van der Waals surface area (Å²) < 4.78 is 41.8. The Hall–Kier alpha value is -2.61. The first-order valence-corrected chi connectivity index (χ1v) is 7.86. The van der Waals surface area contributed by atoms with E-state index in [1.54, 1.807) is 11.0 Å². The van der Waals surface area contributed by atoms with Crippen LogP contribution in [0.4, 0.5) is 18.9 Å². The number of hydrogen-bond donors (Lipinski definition) is 1. The van der Waals surface area contributed by atoms with E-state index >= 15 is 0 Å². The van der Waals surface area contributed by atoms with Crippen molar-refractivity contribution >= 4 is 17.3 Å². The van der Waals surface area contributed by atoms with Crippen molar-refractivity contribution in [3.05, 3.63) is 57.9 Å². The van der Waals surface area contributed by atoms with Crippen LogP contribution in [0.2, 0.25) is 5.02 Å². The molecule has 0 bridgehead atoms. The van der Waals surface area contributed by atoms with Crippen molar-refractivity contribution < 1.29 is 13.2 Å². The maximum atomic E-state index is 14.7. The lowest BCUT2D eigenvalue weighted by Crippen LogP contribution is -2.21. The number of tetrazole rings is 1. The van der Waals surface area contributed by atoms with E-state index < -0.39 is 17.5 Å². The van der Waals surface area contributed by atoms with Crippen LogP contribution in [-0.4, -0.2) is 27.2 Å². The highest BCUT2D eigenvalue weighted by Crippen LogP contribution is 2.42. The number of halogens is 4. The number of fused-ring (bicyclic) bond motifs is 1. The second kappa shape index (κ2) is 6.03. The number of H-pyrrole nitrogens is 1. The van der Waals surface area contributed by atoms with Crippen LogP contribution < -0.4 is 4.90 Å². The Morgan fingerprint density at radius 3 is 2.76 bits per heavy atom. The predicted molar refractivity (Wildman–Crippen MR) is 85.7 cm³/mol. The zero-order valence-electron chi connectivity index (χ0n) is 12.7. The van der Waals surface area contributed by atoms with Crippen LogP contribution >= 0.6 is 11.6 Å². The van der Waals surface area contributed by atoms with Gasteiger partial charge in [0.15, 0.2) is 5.82 Å². The maximum absolute atomic E-state index is 14.7. The first-order valence-electron chi connectivity index (χ1n) is 7.48. The molecular weight excluding hydrogens is 355 g/mol. The molecule has 1 aliphatic rings. The van der Waals surface area contributed by atoms with Gasteiger partial charge in [-0.2, -0.15) is 5.21 Å². The molecule has 0 unspecified atom stereocenters. The lowest BCUT2D eigenvalue weighted by Gasteiger charge is -2.22. The fourth-order valence-corrected chi connectivity index (χ4v) is 3.30. The zero-order chi connectivity index (χ0) is 17.6. The number of nitrogens with one attached hydrogen (secondary N) is 1. The van der Waals surface area contributed by atoms with Gasteiger partial charge >= 0.3 is 0 Å². The van der Waals surface area contributed by atoms with Crippen LogP contribution in [-0.2, 0) is 13.0 Å². The average molecular weight is 366 g/mol. The number of nitrogens with zero attached hydrogens (tertiary/aromatic N) is 4. The molecule has 0 spiro atoms. The summed E-state index contributed by atoms with van der Waals surface area (Å²) in [6, 6.07) is 4.95. The van der Waals surface area contributed by atoms with Gasteiger partial charge in [0.25, 0.3) is 0 Å². The fraction of sp³-hybridized carbons (Fsp3) is 0.188. The first kappa shape index (κ1) is 15.9. The van der Waals surface area contributed by atoms with Gasteiger partial charge in [0, 0.05) is 24.7 Å². The Balaban J connectivity index is 1.80. The molecule has 1 N–H and O–H groups in total. The minimum Gasteiger partial charge on any atom is -0.366 e. The SMILES string of the molecule is Fc1ccc(CN2CCc3cc(Cl)c(F)c(-c4nn[nH]n4)c32)c(F)c1. The summed E-state index contributed by atoms with van der Waals surface area (Å²) in [6.45, 7) is 0.696. The maximum Gasteiger partial charge on any atom is 0.209 e. The summed E-state index contributed by atoms with van der Waals surface area (Å²) in [4.78, 5) is 1.80. The molecule has 128 valence electrons. The lowest BCUT2D eigenvalue weighted by atomic mass is 10.1. The highest BCUT2D eigenvalue weighted by molar-refractivity contribution is 6.31. The molecule has 0 radical (unpaired) electrons. The van der Waals surface area contributed by atoms with E-state index in [2.05, 4.69) is 20.6 Å². The number of anilines is 1. The molecule has 9 heteroatoms. The van der Waals surface area contributed by atoms with Crippen molar-refractivity contribution in [1.82, 2.24) is 20.6 Å². The molecule has 3 aromatic rings. The van der Waals surface area contributed by atoms with Gasteiger partial charge in [-0.15, -0.1) is 10.2 Å². The lowest BCUT2D eigenvalue weighted by molar-refractivity contribution is 0.570. The molecule has 1 aromatic heterocycles. The highest BCUT2D eigenvalue weighted by Gasteiger charge is 2.30. The van der Waals surface area contributed by atoms with Gasteiger partial charge in [-0.05, 0) is 29.3 Å². The summed E-state index contributed by atoms with van der Waals surface area (Å²) >= 11 is 5.98. The molecule has 0 aliphatic carbocycles. The van der Waals surface area contributed by atoms with Crippen LogP contribution in [0.5, 0.6) is 0 Å². The van der Waals surface area contributed by atoms with Gasteiger partial charge in [-0.3, -0.25) is 0 Å². The molecule has 0 amide bonds.